The van der Waals surface area contributed by atoms with E-state index in [1.807, 2.05) is 31.2 Å². The van der Waals surface area contributed by atoms with Crippen molar-refractivity contribution < 1.29 is 14.3 Å². The third-order valence-corrected chi connectivity index (χ3v) is 4.18. The van der Waals surface area contributed by atoms with Crippen molar-refractivity contribution >= 4 is 27.9 Å². The summed E-state index contributed by atoms with van der Waals surface area (Å²) >= 11 is 3.38. The molecule has 0 saturated heterocycles. The molecule has 0 aliphatic carbocycles. The number of methoxy groups -OCH3 is 1. The van der Waals surface area contributed by atoms with Crippen LogP contribution in [0.2, 0.25) is 0 Å². The fourth-order valence-corrected chi connectivity index (χ4v) is 2.82. The molecule has 2 rings (SSSR count). The highest BCUT2D eigenvalue weighted by Gasteiger charge is 2.35. The van der Waals surface area contributed by atoms with E-state index in [9.17, 15) is 9.59 Å². The predicted molar refractivity (Wildman–Crippen MR) is 87.1 cm³/mol. The number of benzene rings is 1. The number of amides is 2. The van der Waals surface area contributed by atoms with Crippen molar-refractivity contribution in [3.63, 3.8) is 0 Å². The summed E-state index contributed by atoms with van der Waals surface area (Å²) < 4.78 is 5.85. The Bertz CT molecular complexity index is 610. The zero-order valence-corrected chi connectivity index (χ0v) is 14.4. The molecule has 1 aliphatic rings. The molecule has 5 nitrogen and oxygen atoms in total. The van der Waals surface area contributed by atoms with E-state index in [0.29, 0.717) is 17.8 Å². The number of ether oxygens (including phenoxy) is 1. The Hall–Kier alpha value is -1.82. The number of nitrogens with zero attached hydrogens (tertiary/aromatic N) is 1. The molecule has 1 aromatic rings. The standard InChI is InChI=1S/C16H19BrN2O3/c1-4-9-19-10(2)13(15(20)22-3)14(18-16(19)21)11-5-7-12(17)8-6-11/h5-8,14H,4,9H2,1-3H3,(H,18,21)/t14-/m1/s1. The number of urea groups is 1. The summed E-state index contributed by atoms with van der Waals surface area (Å²) in [4.78, 5) is 26.1. The summed E-state index contributed by atoms with van der Waals surface area (Å²) in [6.07, 6.45) is 0.808. The van der Waals surface area contributed by atoms with Gasteiger partial charge in [0.15, 0.2) is 0 Å². The van der Waals surface area contributed by atoms with Gasteiger partial charge in [-0.3, -0.25) is 4.90 Å². The fraction of sp³-hybridized carbons (Fsp3) is 0.375. The monoisotopic (exact) mass is 366 g/mol. The topological polar surface area (TPSA) is 58.6 Å². The van der Waals surface area contributed by atoms with Crippen LogP contribution in [-0.2, 0) is 9.53 Å². The van der Waals surface area contributed by atoms with E-state index in [2.05, 4.69) is 21.2 Å². The Morgan fingerprint density at radius 3 is 2.55 bits per heavy atom. The maximum Gasteiger partial charge on any atom is 0.337 e. The van der Waals surface area contributed by atoms with Crippen LogP contribution in [0.25, 0.3) is 0 Å². The SMILES string of the molecule is CCCN1C(=O)N[C@H](c2ccc(Br)cc2)C(C(=O)OC)=C1C. The molecule has 6 heteroatoms. The maximum atomic E-state index is 12.3. The highest BCUT2D eigenvalue weighted by Crippen LogP contribution is 2.31. The van der Waals surface area contributed by atoms with Crippen LogP contribution < -0.4 is 5.32 Å². The molecule has 1 aliphatic heterocycles. The Labute approximate surface area is 138 Å². The molecule has 0 fully saturated rings. The Morgan fingerprint density at radius 1 is 1.36 bits per heavy atom. The summed E-state index contributed by atoms with van der Waals surface area (Å²) in [5.41, 5.74) is 1.95. The van der Waals surface area contributed by atoms with Gasteiger partial charge in [0, 0.05) is 16.7 Å². The average Bonchev–Trinajstić information content (AvgIpc) is 2.51. The number of carbonyl (C=O) groups is 2. The third kappa shape index (κ3) is 3.16. The van der Waals surface area contributed by atoms with Crippen LogP contribution in [0.1, 0.15) is 31.9 Å². The molecule has 0 unspecified atom stereocenters. The van der Waals surface area contributed by atoms with Crippen molar-refractivity contribution in [2.45, 2.75) is 26.3 Å². The molecule has 0 saturated carbocycles. The van der Waals surface area contributed by atoms with Crippen LogP contribution in [-0.4, -0.2) is 30.6 Å². The van der Waals surface area contributed by atoms with Crippen LogP contribution >= 0.6 is 15.9 Å². The van der Waals surface area contributed by atoms with E-state index < -0.39 is 12.0 Å². The highest BCUT2D eigenvalue weighted by molar-refractivity contribution is 9.10. The minimum Gasteiger partial charge on any atom is -0.466 e. The van der Waals surface area contributed by atoms with E-state index in [1.165, 1.54) is 7.11 Å². The van der Waals surface area contributed by atoms with Crippen LogP contribution in [0.15, 0.2) is 40.0 Å². The number of hydrogen-bond acceptors (Lipinski definition) is 3. The molecule has 0 aromatic heterocycles. The van der Waals surface area contributed by atoms with Crippen molar-refractivity contribution in [3.05, 3.63) is 45.6 Å². The molecule has 22 heavy (non-hydrogen) atoms. The number of halogens is 1. The van der Waals surface area contributed by atoms with Gasteiger partial charge < -0.3 is 10.1 Å². The summed E-state index contributed by atoms with van der Waals surface area (Å²) in [6.45, 7) is 4.33. The number of hydrogen-bond donors (Lipinski definition) is 1. The lowest BCUT2D eigenvalue weighted by Crippen LogP contribution is -2.48. The van der Waals surface area contributed by atoms with Gasteiger partial charge in [0.1, 0.15) is 0 Å². The lowest BCUT2D eigenvalue weighted by Gasteiger charge is -2.35. The van der Waals surface area contributed by atoms with Crippen LogP contribution in [0.4, 0.5) is 4.79 Å². The first-order valence-electron chi connectivity index (χ1n) is 7.12. The number of carbonyl (C=O) groups excluding carboxylic acids is 2. The lowest BCUT2D eigenvalue weighted by molar-refractivity contribution is -0.136. The van der Waals surface area contributed by atoms with Gasteiger partial charge in [-0.15, -0.1) is 0 Å². The minimum absolute atomic E-state index is 0.195. The molecule has 0 radical (unpaired) electrons. The van der Waals surface area contributed by atoms with Crippen molar-refractivity contribution in [3.8, 4) is 0 Å². The molecule has 118 valence electrons. The molecule has 2 amide bonds. The Kier molecular flexibility index (Phi) is 5.24. The van der Waals surface area contributed by atoms with Gasteiger partial charge in [-0.1, -0.05) is 35.0 Å². The van der Waals surface area contributed by atoms with Gasteiger partial charge in [0.05, 0.1) is 18.7 Å². The first-order valence-corrected chi connectivity index (χ1v) is 7.91. The normalized spacial score (nSPS) is 18.3. The maximum absolute atomic E-state index is 12.3. The Morgan fingerprint density at radius 2 is 2.00 bits per heavy atom. The zero-order chi connectivity index (χ0) is 16.3. The first kappa shape index (κ1) is 16.5. The molecular weight excluding hydrogens is 348 g/mol. The number of rotatable bonds is 4. The first-order chi connectivity index (χ1) is 10.5. The van der Waals surface area contributed by atoms with Crippen molar-refractivity contribution in [1.29, 1.82) is 0 Å². The highest BCUT2D eigenvalue weighted by atomic mass is 79.9. The van der Waals surface area contributed by atoms with E-state index in [1.54, 1.807) is 11.8 Å². The van der Waals surface area contributed by atoms with E-state index in [4.69, 9.17) is 4.74 Å². The van der Waals surface area contributed by atoms with Gasteiger partial charge in [0.2, 0.25) is 0 Å². The van der Waals surface area contributed by atoms with Gasteiger partial charge >= 0.3 is 12.0 Å². The fourth-order valence-electron chi connectivity index (χ4n) is 2.55. The lowest BCUT2D eigenvalue weighted by atomic mass is 9.95. The number of allylic oxidation sites excluding steroid dienone is 1. The van der Waals surface area contributed by atoms with Crippen molar-refractivity contribution in [2.24, 2.45) is 0 Å². The average molecular weight is 367 g/mol. The smallest absolute Gasteiger partial charge is 0.337 e. The zero-order valence-electron chi connectivity index (χ0n) is 12.9. The molecule has 1 heterocycles. The van der Waals surface area contributed by atoms with Gasteiger partial charge in [0.25, 0.3) is 0 Å². The van der Waals surface area contributed by atoms with Crippen LogP contribution in [0, 0.1) is 0 Å². The second-order valence-corrected chi connectivity index (χ2v) is 5.99. The van der Waals surface area contributed by atoms with Crippen molar-refractivity contribution in [1.82, 2.24) is 10.2 Å². The van der Waals surface area contributed by atoms with Gasteiger partial charge in [-0.25, -0.2) is 9.59 Å². The van der Waals surface area contributed by atoms with E-state index in [0.717, 1.165) is 16.5 Å². The molecule has 1 N–H and O–H groups in total. The third-order valence-electron chi connectivity index (χ3n) is 3.65. The summed E-state index contributed by atoms with van der Waals surface area (Å²) in [7, 11) is 1.35. The molecule has 0 spiro atoms. The Balaban J connectivity index is 2.50. The second-order valence-electron chi connectivity index (χ2n) is 5.08. The number of esters is 1. The largest absolute Gasteiger partial charge is 0.466 e. The second kappa shape index (κ2) is 6.96. The van der Waals surface area contributed by atoms with Gasteiger partial charge in [-0.05, 0) is 31.0 Å². The van der Waals surface area contributed by atoms with Crippen LogP contribution in [0.3, 0.4) is 0 Å². The minimum atomic E-state index is -0.499. The van der Waals surface area contributed by atoms with Gasteiger partial charge in [-0.2, -0.15) is 0 Å². The van der Waals surface area contributed by atoms with E-state index in [-0.39, 0.29) is 6.03 Å². The van der Waals surface area contributed by atoms with Crippen molar-refractivity contribution in [2.75, 3.05) is 13.7 Å². The molecule has 1 atom stereocenters. The van der Waals surface area contributed by atoms with E-state index >= 15 is 0 Å². The molecule has 1 aromatic carbocycles. The quantitative estimate of drug-likeness (QED) is 0.831. The predicted octanol–water partition coefficient (Wildman–Crippen LogP) is 3.37. The molecule has 0 bridgehead atoms. The van der Waals surface area contributed by atoms with Crippen LogP contribution in [0.5, 0.6) is 0 Å². The summed E-state index contributed by atoms with van der Waals surface area (Å²) in [6, 6.07) is 6.82. The molecular formula is C16H19BrN2O3. The summed E-state index contributed by atoms with van der Waals surface area (Å²) in [5, 5.41) is 2.90. The number of nitrogens with one attached hydrogen (secondary N) is 1. The summed E-state index contributed by atoms with van der Waals surface area (Å²) in [5.74, 6) is -0.425.